The van der Waals surface area contributed by atoms with Crippen LogP contribution in [0.5, 0.6) is 11.5 Å². The normalized spacial score (nSPS) is 11.1. The molecule has 172 valence electrons. The van der Waals surface area contributed by atoms with Crippen molar-refractivity contribution < 1.29 is 18.7 Å². The monoisotopic (exact) mass is 452 g/mol. The van der Waals surface area contributed by atoms with Gasteiger partial charge in [-0.15, -0.1) is 0 Å². The molecule has 10 heteroatoms. The zero-order valence-electron chi connectivity index (χ0n) is 18.6. The molecule has 2 aromatic heterocycles. The predicted molar refractivity (Wildman–Crippen MR) is 121 cm³/mol. The molecule has 2 aromatic carbocycles. The fourth-order valence-corrected chi connectivity index (χ4v) is 3.63. The van der Waals surface area contributed by atoms with E-state index in [4.69, 9.17) is 18.7 Å². The third kappa shape index (κ3) is 4.37. The lowest BCUT2D eigenvalue weighted by atomic mass is 10.2. The van der Waals surface area contributed by atoms with Gasteiger partial charge in [-0.2, -0.15) is 4.98 Å². The number of ether oxygens (including phenoxy) is 3. The van der Waals surface area contributed by atoms with Gasteiger partial charge in [-0.1, -0.05) is 17.3 Å². The molecular weight excluding hydrogens is 428 g/mol. The lowest BCUT2D eigenvalue weighted by Crippen LogP contribution is -2.40. The van der Waals surface area contributed by atoms with E-state index in [1.807, 2.05) is 0 Å². The van der Waals surface area contributed by atoms with E-state index in [0.29, 0.717) is 46.8 Å². The molecule has 0 saturated heterocycles. The molecule has 0 N–H and O–H groups in total. The lowest BCUT2D eigenvalue weighted by molar-refractivity contribution is 0.189. The molecule has 0 spiro atoms. The number of rotatable bonds is 9. The van der Waals surface area contributed by atoms with Crippen molar-refractivity contribution in [3.8, 4) is 22.9 Å². The summed E-state index contributed by atoms with van der Waals surface area (Å²) in [5.41, 5.74) is 0.394. The summed E-state index contributed by atoms with van der Waals surface area (Å²) in [7, 11) is 4.68. The second-order valence-corrected chi connectivity index (χ2v) is 7.27. The topological polar surface area (TPSA) is 111 Å². The number of nitrogens with zero attached hydrogens (tertiary/aromatic N) is 4. The highest BCUT2D eigenvalue weighted by Crippen LogP contribution is 2.31. The van der Waals surface area contributed by atoms with Gasteiger partial charge in [0.25, 0.3) is 5.56 Å². The molecule has 4 rings (SSSR count). The minimum absolute atomic E-state index is 0.0180. The second-order valence-electron chi connectivity index (χ2n) is 7.27. The first-order valence-corrected chi connectivity index (χ1v) is 10.3. The Morgan fingerprint density at radius 1 is 0.970 bits per heavy atom. The van der Waals surface area contributed by atoms with E-state index < -0.39 is 5.69 Å². The van der Waals surface area contributed by atoms with Gasteiger partial charge in [-0.25, -0.2) is 4.79 Å². The molecule has 2 heterocycles. The van der Waals surface area contributed by atoms with Crippen LogP contribution in [0.3, 0.4) is 0 Å². The summed E-state index contributed by atoms with van der Waals surface area (Å²) in [6.45, 7) is 0.707. The molecule has 0 fully saturated rings. The van der Waals surface area contributed by atoms with Gasteiger partial charge < -0.3 is 18.7 Å². The molecule has 4 aromatic rings. The van der Waals surface area contributed by atoms with Gasteiger partial charge in [-0.05, 0) is 36.8 Å². The zero-order chi connectivity index (χ0) is 23.4. The average molecular weight is 452 g/mol. The molecule has 0 amide bonds. The van der Waals surface area contributed by atoms with Gasteiger partial charge in [0.1, 0.15) is 6.54 Å². The van der Waals surface area contributed by atoms with Crippen LogP contribution in [0.25, 0.3) is 22.3 Å². The summed E-state index contributed by atoms with van der Waals surface area (Å²) in [5.74, 6) is 1.69. The summed E-state index contributed by atoms with van der Waals surface area (Å²) >= 11 is 0. The Morgan fingerprint density at radius 2 is 1.76 bits per heavy atom. The highest BCUT2D eigenvalue weighted by Gasteiger charge is 2.17. The lowest BCUT2D eigenvalue weighted by Gasteiger charge is -2.12. The molecule has 0 saturated carbocycles. The quantitative estimate of drug-likeness (QED) is 0.356. The van der Waals surface area contributed by atoms with Gasteiger partial charge in [0.2, 0.25) is 11.7 Å². The Morgan fingerprint density at radius 3 is 2.52 bits per heavy atom. The summed E-state index contributed by atoms with van der Waals surface area (Å²) in [6.07, 6.45) is 0.536. The van der Waals surface area contributed by atoms with Crippen LogP contribution in [-0.2, 0) is 17.8 Å². The molecule has 0 atom stereocenters. The van der Waals surface area contributed by atoms with Crippen molar-refractivity contribution in [1.29, 1.82) is 0 Å². The maximum Gasteiger partial charge on any atom is 0.331 e. The summed E-state index contributed by atoms with van der Waals surface area (Å²) in [6, 6.07) is 12.2. The highest BCUT2D eigenvalue weighted by molar-refractivity contribution is 5.77. The fourth-order valence-electron chi connectivity index (χ4n) is 3.63. The van der Waals surface area contributed by atoms with E-state index >= 15 is 0 Å². The first-order valence-electron chi connectivity index (χ1n) is 10.3. The van der Waals surface area contributed by atoms with E-state index in [-0.39, 0.29) is 24.5 Å². The van der Waals surface area contributed by atoms with Crippen LogP contribution in [0.15, 0.2) is 56.6 Å². The van der Waals surface area contributed by atoms with Gasteiger partial charge >= 0.3 is 5.69 Å². The summed E-state index contributed by atoms with van der Waals surface area (Å²) < 4.78 is 23.8. The van der Waals surface area contributed by atoms with Crippen LogP contribution < -0.4 is 20.7 Å². The molecule has 0 aliphatic rings. The van der Waals surface area contributed by atoms with Crippen LogP contribution in [0.1, 0.15) is 12.3 Å². The minimum Gasteiger partial charge on any atom is -0.493 e. The largest absolute Gasteiger partial charge is 0.493 e. The Hall–Kier alpha value is -3.92. The van der Waals surface area contributed by atoms with Crippen molar-refractivity contribution in [3.05, 3.63) is 69.2 Å². The van der Waals surface area contributed by atoms with Crippen molar-refractivity contribution in [2.45, 2.75) is 19.5 Å². The van der Waals surface area contributed by atoms with Crippen molar-refractivity contribution in [1.82, 2.24) is 19.3 Å². The molecule has 0 radical (unpaired) electrons. The van der Waals surface area contributed by atoms with E-state index in [2.05, 4.69) is 10.1 Å². The molecular formula is C23H24N4O6. The average Bonchev–Trinajstić information content (AvgIpc) is 3.32. The Kier molecular flexibility index (Phi) is 6.55. The van der Waals surface area contributed by atoms with E-state index in [1.165, 1.54) is 9.13 Å². The highest BCUT2D eigenvalue weighted by atomic mass is 16.5. The minimum atomic E-state index is -0.444. The zero-order valence-corrected chi connectivity index (χ0v) is 18.6. The van der Waals surface area contributed by atoms with Crippen molar-refractivity contribution in [2.24, 2.45) is 0 Å². The second kappa shape index (κ2) is 9.70. The summed E-state index contributed by atoms with van der Waals surface area (Å²) in [4.78, 5) is 30.5. The molecule has 0 unspecified atom stereocenters. The molecule has 33 heavy (non-hydrogen) atoms. The third-order valence-electron chi connectivity index (χ3n) is 5.27. The first kappa shape index (κ1) is 22.3. The number of benzene rings is 2. The van der Waals surface area contributed by atoms with Gasteiger partial charge in [0, 0.05) is 25.8 Å². The molecule has 0 bridgehead atoms. The molecule has 10 nitrogen and oxygen atoms in total. The van der Waals surface area contributed by atoms with Crippen molar-refractivity contribution in [2.75, 3.05) is 27.9 Å². The SMILES string of the molecule is COCCCn1c(=O)c2ccccc2n(Cc2nc(-c3ccc(OC)c(OC)c3)no2)c1=O. The predicted octanol–water partition coefficient (Wildman–Crippen LogP) is 2.32. The third-order valence-corrected chi connectivity index (χ3v) is 5.27. The molecule has 0 aliphatic carbocycles. The standard InChI is InChI=1S/C23H24N4O6/c1-30-12-6-11-26-22(28)16-7-4-5-8-17(16)27(23(26)29)14-20-24-21(25-33-20)15-9-10-18(31-2)19(13-15)32-3/h4-5,7-10,13H,6,11-12,14H2,1-3H3. The maximum atomic E-state index is 13.2. The fraction of sp³-hybridized carbons (Fsp3) is 0.304. The first-order chi connectivity index (χ1) is 16.1. The van der Waals surface area contributed by atoms with Gasteiger partial charge in [0.05, 0.1) is 25.1 Å². The maximum absolute atomic E-state index is 13.2. The Balaban J connectivity index is 1.72. The number of hydrogen-bond donors (Lipinski definition) is 0. The number of hydrogen-bond acceptors (Lipinski definition) is 8. The van der Waals surface area contributed by atoms with Crippen LogP contribution in [0, 0.1) is 0 Å². The van der Waals surface area contributed by atoms with E-state index in [1.54, 1.807) is 63.8 Å². The summed E-state index contributed by atoms with van der Waals surface area (Å²) in [5, 5.41) is 4.48. The van der Waals surface area contributed by atoms with Crippen molar-refractivity contribution >= 4 is 10.9 Å². The number of aromatic nitrogens is 4. The molecule has 0 aliphatic heterocycles. The van der Waals surface area contributed by atoms with Crippen LogP contribution in [-0.4, -0.2) is 47.2 Å². The number of fused-ring (bicyclic) bond motifs is 1. The van der Waals surface area contributed by atoms with Gasteiger partial charge in [-0.3, -0.25) is 13.9 Å². The Bertz CT molecular complexity index is 1390. The van der Waals surface area contributed by atoms with Crippen molar-refractivity contribution in [3.63, 3.8) is 0 Å². The van der Waals surface area contributed by atoms with Crippen LogP contribution in [0.4, 0.5) is 0 Å². The van der Waals surface area contributed by atoms with E-state index in [9.17, 15) is 9.59 Å². The number of methoxy groups -OCH3 is 3. The smallest absolute Gasteiger partial charge is 0.331 e. The Labute approximate surface area is 188 Å². The van der Waals surface area contributed by atoms with Crippen LogP contribution in [0.2, 0.25) is 0 Å². The van der Waals surface area contributed by atoms with E-state index in [0.717, 1.165) is 0 Å². The van der Waals surface area contributed by atoms with Crippen LogP contribution >= 0.6 is 0 Å². The number of para-hydroxylation sites is 1. The van der Waals surface area contributed by atoms with Gasteiger partial charge in [0.15, 0.2) is 11.5 Å².